The molecule has 2 aliphatic heterocycles. The predicted molar refractivity (Wildman–Crippen MR) is 68.1 cm³/mol. The van der Waals surface area contributed by atoms with Crippen LogP contribution >= 0.6 is 0 Å². The lowest BCUT2D eigenvalue weighted by atomic mass is 9.70. The predicted octanol–water partition coefficient (Wildman–Crippen LogP) is 1.80. The second-order valence-electron chi connectivity index (χ2n) is 5.66. The molecule has 1 atom stereocenters. The zero-order chi connectivity index (χ0) is 12.7. The number of aliphatic hydroxyl groups is 1. The number of aliphatic imine (C=N–C) groups is 1. The largest absolute Gasteiger partial charge is 0.467 e. The van der Waals surface area contributed by atoms with Crippen molar-refractivity contribution in [2.75, 3.05) is 6.61 Å². The van der Waals surface area contributed by atoms with Crippen LogP contribution in [-0.2, 0) is 9.31 Å². The summed E-state index contributed by atoms with van der Waals surface area (Å²) in [4.78, 5) is 4.20. The quantitative estimate of drug-likeness (QED) is 0.745. The lowest BCUT2D eigenvalue weighted by Crippen LogP contribution is -2.41. The van der Waals surface area contributed by atoms with Gasteiger partial charge in [-0.1, -0.05) is 6.08 Å². The Balaban J connectivity index is 2.04. The summed E-state index contributed by atoms with van der Waals surface area (Å²) in [5.41, 5.74) is 0.122. The smallest absolute Gasteiger partial charge is 0.403 e. The lowest BCUT2D eigenvalue weighted by Gasteiger charge is -2.32. The van der Waals surface area contributed by atoms with Crippen LogP contribution in [-0.4, -0.2) is 36.2 Å². The van der Waals surface area contributed by atoms with Gasteiger partial charge >= 0.3 is 7.12 Å². The third-order valence-electron chi connectivity index (χ3n) is 3.84. The fourth-order valence-electron chi connectivity index (χ4n) is 1.93. The minimum atomic E-state index is -0.299. The molecule has 0 amide bonds. The first-order chi connectivity index (χ1) is 7.86. The molecule has 0 radical (unpaired) electrons. The van der Waals surface area contributed by atoms with E-state index in [1.54, 1.807) is 0 Å². The van der Waals surface area contributed by atoms with E-state index in [0.29, 0.717) is 0 Å². The summed E-state index contributed by atoms with van der Waals surface area (Å²) >= 11 is 0. The van der Waals surface area contributed by atoms with E-state index in [0.717, 1.165) is 12.1 Å². The van der Waals surface area contributed by atoms with Gasteiger partial charge < -0.3 is 14.4 Å². The third kappa shape index (κ3) is 2.32. The van der Waals surface area contributed by atoms with Crippen LogP contribution in [0.15, 0.2) is 16.8 Å². The highest BCUT2D eigenvalue weighted by atomic mass is 16.7. The normalized spacial score (nSPS) is 30.5. The fourth-order valence-corrected chi connectivity index (χ4v) is 1.93. The van der Waals surface area contributed by atoms with E-state index in [1.807, 2.05) is 40.0 Å². The molecular formula is C12H20BNO3. The average molecular weight is 237 g/mol. The Kier molecular flexibility index (Phi) is 3.18. The Hall–Kier alpha value is -0.645. The zero-order valence-electron chi connectivity index (χ0n) is 10.9. The van der Waals surface area contributed by atoms with Crippen molar-refractivity contribution >= 4 is 13.3 Å². The molecule has 1 fully saturated rings. The first kappa shape index (κ1) is 12.8. The monoisotopic (exact) mass is 237 g/mol. The van der Waals surface area contributed by atoms with Gasteiger partial charge in [-0.2, -0.15) is 0 Å². The summed E-state index contributed by atoms with van der Waals surface area (Å²) in [5.74, 6) is 0.131. The van der Waals surface area contributed by atoms with Crippen molar-refractivity contribution in [1.82, 2.24) is 0 Å². The third-order valence-corrected chi connectivity index (χ3v) is 3.84. The van der Waals surface area contributed by atoms with E-state index in [9.17, 15) is 0 Å². The van der Waals surface area contributed by atoms with Crippen molar-refractivity contribution < 1.29 is 14.4 Å². The first-order valence-electron chi connectivity index (χ1n) is 6.05. The molecule has 94 valence electrons. The molecule has 0 aromatic carbocycles. The maximum Gasteiger partial charge on any atom is 0.467 e. The Morgan fingerprint density at radius 3 is 2.35 bits per heavy atom. The number of allylic oxidation sites excluding steroid dienone is 1. The molecule has 0 saturated carbocycles. The Morgan fingerprint density at radius 1 is 1.35 bits per heavy atom. The molecule has 4 nitrogen and oxygen atoms in total. The van der Waals surface area contributed by atoms with Crippen LogP contribution in [0, 0.1) is 0 Å². The minimum Gasteiger partial charge on any atom is -0.403 e. The number of nitrogens with zero attached hydrogens (tertiary/aromatic N) is 1. The molecule has 2 rings (SSSR count). The van der Waals surface area contributed by atoms with Crippen molar-refractivity contribution in [2.24, 2.45) is 4.99 Å². The Labute approximate surface area is 103 Å². The van der Waals surface area contributed by atoms with Gasteiger partial charge in [-0.15, -0.1) is 0 Å². The van der Waals surface area contributed by atoms with Gasteiger partial charge in [0.1, 0.15) is 0 Å². The van der Waals surface area contributed by atoms with Crippen LogP contribution in [0.4, 0.5) is 0 Å². The molecule has 5 heteroatoms. The van der Waals surface area contributed by atoms with Gasteiger partial charge in [-0.25, -0.2) is 0 Å². The molecule has 17 heavy (non-hydrogen) atoms. The summed E-state index contributed by atoms with van der Waals surface area (Å²) in [6, 6.07) is 0. The van der Waals surface area contributed by atoms with E-state index in [4.69, 9.17) is 14.4 Å². The van der Waals surface area contributed by atoms with Gasteiger partial charge in [0.05, 0.1) is 23.5 Å². The molecule has 2 aliphatic rings. The minimum absolute atomic E-state index is 0.00735. The summed E-state index contributed by atoms with van der Waals surface area (Å²) in [6.45, 7) is 8.17. The van der Waals surface area contributed by atoms with Gasteiger partial charge in [-0.05, 0) is 34.1 Å². The maximum atomic E-state index is 8.96. The molecule has 1 unspecified atom stereocenters. The highest BCUT2D eigenvalue weighted by molar-refractivity contribution is 6.51. The van der Waals surface area contributed by atoms with Crippen LogP contribution in [0.3, 0.4) is 0 Å². The summed E-state index contributed by atoms with van der Waals surface area (Å²) in [5, 5.41) is 8.96. The summed E-state index contributed by atoms with van der Waals surface area (Å²) in [7, 11) is -0.250. The molecule has 1 saturated heterocycles. The van der Waals surface area contributed by atoms with Crippen LogP contribution in [0.2, 0.25) is 5.82 Å². The standard InChI is InChI=1S/C12H20BNO3/c1-11(2)12(3,4)17-13(16-11)9-5-6-10(8-15)14-7-9/h6-7,9,15H,5,8H2,1-4H3. The van der Waals surface area contributed by atoms with Gasteiger partial charge in [0.2, 0.25) is 0 Å². The van der Waals surface area contributed by atoms with E-state index < -0.39 is 0 Å². The second kappa shape index (κ2) is 4.23. The van der Waals surface area contributed by atoms with Crippen LogP contribution < -0.4 is 0 Å². The van der Waals surface area contributed by atoms with Gasteiger partial charge in [0.15, 0.2) is 0 Å². The van der Waals surface area contributed by atoms with Crippen molar-refractivity contribution in [3.8, 4) is 0 Å². The van der Waals surface area contributed by atoms with E-state index >= 15 is 0 Å². The Morgan fingerprint density at radius 2 is 1.94 bits per heavy atom. The maximum absolute atomic E-state index is 8.96. The fraction of sp³-hybridized carbons (Fsp3) is 0.750. The number of hydrogen-bond acceptors (Lipinski definition) is 4. The molecule has 0 aromatic heterocycles. The van der Waals surface area contributed by atoms with Crippen molar-refractivity contribution in [3.05, 3.63) is 11.8 Å². The topological polar surface area (TPSA) is 51.0 Å². The summed E-state index contributed by atoms with van der Waals surface area (Å²) in [6.07, 6.45) is 4.57. The van der Waals surface area contributed by atoms with Crippen molar-refractivity contribution in [2.45, 2.75) is 51.1 Å². The highest BCUT2D eigenvalue weighted by Crippen LogP contribution is 2.40. The first-order valence-corrected chi connectivity index (χ1v) is 6.05. The molecular weight excluding hydrogens is 217 g/mol. The zero-order valence-corrected chi connectivity index (χ0v) is 10.9. The van der Waals surface area contributed by atoms with Gasteiger partial charge in [-0.3, -0.25) is 4.99 Å². The average Bonchev–Trinajstić information content (AvgIpc) is 2.48. The number of rotatable bonds is 2. The van der Waals surface area contributed by atoms with Crippen LogP contribution in [0.1, 0.15) is 34.1 Å². The van der Waals surface area contributed by atoms with Gasteiger partial charge in [0.25, 0.3) is 0 Å². The van der Waals surface area contributed by atoms with Gasteiger partial charge in [0, 0.05) is 12.0 Å². The SMILES string of the molecule is CC1(C)OB(C2C=NC(CO)=CC2)OC1(C)C. The van der Waals surface area contributed by atoms with Crippen molar-refractivity contribution in [1.29, 1.82) is 0 Å². The molecule has 2 heterocycles. The number of hydrogen-bond donors (Lipinski definition) is 1. The molecule has 1 N–H and O–H groups in total. The van der Waals surface area contributed by atoms with Crippen LogP contribution in [0.5, 0.6) is 0 Å². The van der Waals surface area contributed by atoms with Crippen LogP contribution in [0.25, 0.3) is 0 Å². The molecule has 0 bridgehead atoms. The highest BCUT2D eigenvalue weighted by Gasteiger charge is 2.53. The second-order valence-corrected chi connectivity index (χ2v) is 5.66. The molecule has 0 aromatic rings. The number of aliphatic hydroxyl groups excluding tert-OH is 1. The lowest BCUT2D eigenvalue weighted by molar-refractivity contribution is 0.00578. The van der Waals surface area contributed by atoms with E-state index in [2.05, 4.69) is 4.99 Å². The van der Waals surface area contributed by atoms with E-state index in [1.165, 1.54) is 0 Å². The molecule has 0 spiro atoms. The molecule has 0 aliphatic carbocycles. The van der Waals surface area contributed by atoms with E-state index in [-0.39, 0.29) is 30.7 Å². The Bertz CT molecular complexity index is 347. The van der Waals surface area contributed by atoms with Crippen molar-refractivity contribution in [3.63, 3.8) is 0 Å². The summed E-state index contributed by atoms with van der Waals surface area (Å²) < 4.78 is 11.9.